The normalized spacial score (nSPS) is 18.0. The molecule has 1 fully saturated rings. The third kappa shape index (κ3) is 7.37. The summed E-state index contributed by atoms with van der Waals surface area (Å²) >= 11 is 1.03. The average Bonchev–Trinajstić information content (AvgIpc) is 3.61. The first-order valence-electron chi connectivity index (χ1n) is 13.4. The number of ether oxygens (including phenoxy) is 4. The average molecular weight is 624 g/mol. The lowest BCUT2D eigenvalue weighted by Crippen LogP contribution is -2.34. The minimum atomic E-state index is -1.10. The van der Waals surface area contributed by atoms with E-state index in [4.69, 9.17) is 29.2 Å². The molecule has 2 aromatic rings. The molecule has 14 heteroatoms. The molecule has 4 rings (SSSR count). The van der Waals surface area contributed by atoms with E-state index in [1.54, 1.807) is 6.08 Å². The van der Waals surface area contributed by atoms with Gasteiger partial charge in [-0.05, 0) is 17.7 Å². The highest BCUT2D eigenvalue weighted by Gasteiger charge is 2.38. The molecule has 2 heterocycles. The van der Waals surface area contributed by atoms with Crippen LogP contribution in [-0.4, -0.2) is 91.5 Å². The van der Waals surface area contributed by atoms with Gasteiger partial charge < -0.3 is 34.1 Å². The largest absolute Gasteiger partial charge is 0.493 e. The van der Waals surface area contributed by atoms with Gasteiger partial charge in [0.15, 0.2) is 23.1 Å². The SMILES string of the molecule is COc1cc2sc(C(=O)CCC(=O)O)cc2c(F)c1OCCCOC1C(F)=C2CN(C(=O)CCC(=O)O)CC2=CC1OC. The summed E-state index contributed by atoms with van der Waals surface area (Å²) in [6, 6.07) is 2.90. The monoisotopic (exact) mass is 623 g/mol. The second kappa shape index (κ2) is 14.1. The Hall–Kier alpha value is -3.88. The number of Topliss-reactive ketones (excluding diaryl/α,β-unsaturated/α-hetero) is 1. The first-order valence-corrected chi connectivity index (χ1v) is 14.3. The van der Waals surface area contributed by atoms with Crippen LogP contribution in [0.15, 0.2) is 35.2 Å². The quantitative estimate of drug-likeness (QED) is 0.219. The Bertz CT molecular complexity index is 1480. The zero-order valence-corrected chi connectivity index (χ0v) is 24.3. The summed E-state index contributed by atoms with van der Waals surface area (Å²) in [4.78, 5) is 47.9. The third-order valence-corrected chi connectivity index (χ3v) is 8.18. The molecule has 2 aliphatic rings. The number of carbonyl (C=O) groups excluding carboxylic acids is 2. The number of carbonyl (C=O) groups is 4. The van der Waals surface area contributed by atoms with E-state index in [0.29, 0.717) is 15.8 Å². The lowest BCUT2D eigenvalue weighted by atomic mass is 9.95. The predicted octanol–water partition coefficient (Wildman–Crippen LogP) is 4.14. The Balaban J connectivity index is 1.36. The lowest BCUT2D eigenvalue weighted by Gasteiger charge is -2.28. The van der Waals surface area contributed by atoms with Crippen LogP contribution in [0.2, 0.25) is 0 Å². The number of benzene rings is 1. The van der Waals surface area contributed by atoms with Crippen LogP contribution in [0.1, 0.15) is 41.8 Å². The summed E-state index contributed by atoms with van der Waals surface area (Å²) in [5.41, 5.74) is 0.907. The fraction of sp³-hybridized carbons (Fsp3) is 0.448. The Labute approximate surface area is 249 Å². The molecule has 2 unspecified atom stereocenters. The molecule has 1 aliphatic heterocycles. The number of aliphatic carboxylic acids is 2. The zero-order valence-electron chi connectivity index (χ0n) is 23.5. The van der Waals surface area contributed by atoms with E-state index in [1.807, 2.05) is 0 Å². The first-order chi connectivity index (χ1) is 20.5. The Kier molecular flexibility index (Phi) is 10.5. The van der Waals surface area contributed by atoms with Gasteiger partial charge in [0.1, 0.15) is 18.0 Å². The van der Waals surface area contributed by atoms with Gasteiger partial charge in [-0.1, -0.05) is 0 Å². The maximum atomic E-state index is 15.5. The van der Waals surface area contributed by atoms with Crippen LogP contribution in [0, 0.1) is 5.82 Å². The van der Waals surface area contributed by atoms with Crippen molar-refractivity contribution in [1.82, 2.24) is 4.90 Å². The maximum Gasteiger partial charge on any atom is 0.303 e. The molecule has 2 atom stereocenters. The van der Waals surface area contributed by atoms with Crippen LogP contribution in [0.25, 0.3) is 10.1 Å². The zero-order chi connectivity index (χ0) is 31.3. The van der Waals surface area contributed by atoms with Crippen molar-refractivity contribution < 1.29 is 57.1 Å². The molecule has 1 aliphatic carbocycles. The molecular weight excluding hydrogens is 592 g/mol. The fourth-order valence-corrected chi connectivity index (χ4v) is 5.90. The number of methoxy groups -OCH3 is 2. The van der Waals surface area contributed by atoms with Gasteiger partial charge in [0.2, 0.25) is 5.91 Å². The summed E-state index contributed by atoms with van der Waals surface area (Å²) < 4.78 is 53.4. The van der Waals surface area contributed by atoms with Crippen molar-refractivity contribution in [3.8, 4) is 11.5 Å². The number of hydrogen-bond acceptors (Lipinski definition) is 9. The standard InChI is InChI=1S/C29H31F2NO10S/c1-39-19-10-15-13-32(23(34)5-7-25(37)38)14-17(15)27(31)28(19)41-8-3-9-42-29-20(40-2)12-21-16(26(29)30)11-22(43-21)18(33)4-6-24(35)36/h10-12,19,28H,3-9,13-14H2,1-2H3,(H,35,36)(H,37,38). The highest BCUT2D eigenvalue weighted by atomic mass is 32.1. The Morgan fingerprint density at radius 3 is 2.40 bits per heavy atom. The van der Waals surface area contributed by atoms with Gasteiger partial charge in [-0.15, -0.1) is 11.3 Å². The number of carboxylic acids is 2. The van der Waals surface area contributed by atoms with Crippen molar-refractivity contribution in [1.29, 1.82) is 0 Å². The molecule has 232 valence electrons. The maximum absolute atomic E-state index is 15.5. The number of carboxylic acid groups (broad SMARTS) is 2. The fourth-order valence-electron chi connectivity index (χ4n) is 4.85. The van der Waals surface area contributed by atoms with Crippen LogP contribution in [0.5, 0.6) is 11.5 Å². The molecule has 0 saturated carbocycles. The summed E-state index contributed by atoms with van der Waals surface area (Å²) in [7, 11) is 2.75. The lowest BCUT2D eigenvalue weighted by molar-refractivity contribution is -0.140. The summed E-state index contributed by atoms with van der Waals surface area (Å²) in [6.07, 6.45) is -0.892. The Morgan fingerprint density at radius 1 is 1.00 bits per heavy atom. The molecule has 11 nitrogen and oxygen atoms in total. The van der Waals surface area contributed by atoms with E-state index in [0.717, 1.165) is 11.3 Å². The molecule has 1 aromatic heterocycles. The van der Waals surface area contributed by atoms with Crippen LogP contribution in [0.3, 0.4) is 0 Å². The van der Waals surface area contributed by atoms with Crippen LogP contribution in [0.4, 0.5) is 8.78 Å². The van der Waals surface area contributed by atoms with E-state index in [9.17, 15) is 19.2 Å². The van der Waals surface area contributed by atoms with Crippen molar-refractivity contribution >= 4 is 45.1 Å². The van der Waals surface area contributed by atoms with Crippen molar-refractivity contribution in [2.75, 3.05) is 40.5 Å². The topological polar surface area (TPSA) is 149 Å². The third-order valence-electron chi connectivity index (χ3n) is 7.05. The van der Waals surface area contributed by atoms with Crippen LogP contribution in [-0.2, 0) is 23.9 Å². The molecule has 43 heavy (non-hydrogen) atoms. The van der Waals surface area contributed by atoms with E-state index in [2.05, 4.69) is 0 Å². The number of halogens is 2. The van der Waals surface area contributed by atoms with Crippen LogP contribution < -0.4 is 9.47 Å². The second-order valence-electron chi connectivity index (χ2n) is 9.92. The predicted molar refractivity (Wildman–Crippen MR) is 150 cm³/mol. The Morgan fingerprint density at radius 2 is 1.72 bits per heavy atom. The number of fused-ring (bicyclic) bond motifs is 2. The van der Waals surface area contributed by atoms with Crippen LogP contribution >= 0.6 is 11.3 Å². The number of likely N-dealkylation sites (tertiary alicyclic amines) is 1. The molecule has 0 spiro atoms. The van der Waals surface area contributed by atoms with Crippen molar-refractivity contribution in [3.05, 3.63) is 45.9 Å². The molecule has 0 radical (unpaired) electrons. The first kappa shape index (κ1) is 32.0. The van der Waals surface area contributed by atoms with Crippen molar-refractivity contribution in [2.24, 2.45) is 0 Å². The highest BCUT2D eigenvalue weighted by molar-refractivity contribution is 7.20. The number of thiophene rings is 1. The van der Waals surface area contributed by atoms with Gasteiger partial charge in [-0.3, -0.25) is 19.2 Å². The minimum Gasteiger partial charge on any atom is -0.493 e. The second-order valence-corrected chi connectivity index (χ2v) is 11.0. The smallest absolute Gasteiger partial charge is 0.303 e. The number of amides is 1. The van der Waals surface area contributed by atoms with E-state index in [-0.39, 0.29) is 86.1 Å². The molecular formula is C29H31F2NO10S. The van der Waals surface area contributed by atoms with Gasteiger partial charge >= 0.3 is 11.9 Å². The number of hydrogen-bond donors (Lipinski definition) is 2. The van der Waals surface area contributed by atoms with E-state index < -0.39 is 41.6 Å². The van der Waals surface area contributed by atoms with E-state index in [1.165, 1.54) is 31.3 Å². The number of nitrogens with zero attached hydrogens (tertiary/aromatic N) is 1. The van der Waals surface area contributed by atoms with Crippen molar-refractivity contribution in [3.63, 3.8) is 0 Å². The van der Waals surface area contributed by atoms with E-state index >= 15 is 8.78 Å². The van der Waals surface area contributed by atoms with Gasteiger partial charge in [-0.25, -0.2) is 8.78 Å². The molecule has 0 bridgehead atoms. The van der Waals surface area contributed by atoms with Crippen molar-refractivity contribution in [2.45, 2.75) is 44.3 Å². The van der Waals surface area contributed by atoms with Gasteiger partial charge in [0, 0.05) is 61.2 Å². The van der Waals surface area contributed by atoms with Gasteiger partial charge in [-0.2, -0.15) is 0 Å². The number of rotatable bonds is 15. The van der Waals surface area contributed by atoms with Gasteiger partial charge in [0.05, 0.1) is 38.0 Å². The molecule has 1 aromatic carbocycles. The summed E-state index contributed by atoms with van der Waals surface area (Å²) in [5, 5.41) is 17.8. The number of ketones is 1. The van der Waals surface area contributed by atoms with Gasteiger partial charge in [0.25, 0.3) is 0 Å². The minimum absolute atomic E-state index is 0.00648. The highest BCUT2D eigenvalue weighted by Crippen LogP contribution is 2.40. The molecule has 1 amide bonds. The summed E-state index contributed by atoms with van der Waals surface area (Å²) in [6.45, 7) is 0.180. The molecule has 1 saturated heterocycles. The summed E-state index contributed by atoms with van der Waals surface area (Å²) in [5.74, 6) is -4.32. The molecule has 2 N–H and O–H groups in total.